The molecule has 12 nitrogen and oxygen atoms in total. The second-order valence-corrected chi connectivity index (χ2v) is 11.3. The lowest BCUT2D eigenvalue weighted by atomic mass is 9.87. The van der Waals surface area contributed by atoms with E-state index in [0.29, 0.717) is 83.9 Å². The van der Waals surface area contributed by atoms with Crippen LogP contribution in [0.2, 0.25) is 5.02 Å². The number of benzene rings is 3. The highest BCUT2D eigenvalue weighted by Crippen LogP contribution is 2.41. The summed E-state index contributed by atoms with van der Waals surface area (Å²) >= 11 is 6.82. The van der Waals surface area contributed by atoms with Gasteiger partial charge >= 0.3 is 0 Å². The number of para-hydroxylation sites is 1. The number of methoxy groups -OCH3 is 2. The summed E-state index contributed by atoms with van der Waals surface area (Å²) in [5, 5.41) is 0.914. The molecule has 0 bridgehead atoms. The topological polar surface area (TPSA) is 142 Å². The Balaban J connectivity index is 1.34. The van der Waals surface area contributed by atoms with Gasteiger partial charge in [-0.3, -0.25) is 14.3 Å². The molecule has 47 heavy (non-hydrogen) atoms. The second kappa shape index (κ2) is 14.2. The number of ether oxygens (including phenoxy) is 5. The van der Waals surface area contributed by atoms with Crippen molar-refractivity contribution in [2.45, 2.75) is 25.3 Å². The molecular weight excluding hydrogens is 626 g/mol. The predicted molar refractivity (Wildman–Crippen MR) is 175 cm³/mol. The maximum absolute atomic E-state index is 13.5. The monoisotopic (exact) mass is 659 g/mol. The fourth-order valence-corrected chi connectivity index (χ4v) is 6.07. The van der Waals surface area contributed by atoms with Crippen molar-refractivity contribution in [2.24, 2.45) is 5.73 Å². The van der Waals surface area contributed by atoms with Crippen LogP contribution < -0.4 is 25.5 Å². The Morgan fingerprint density at radius 2 is 1.66 bits per heavy atom. The first-order valence-corrected chi connectivity index (χ1v) is 15.5. The van der Waals surface area contributed by atoms with E-state index in [1.54, 1.807) is 38.5 Å². The molecule has 1 amide bonds. The molecule has 1 aliphatic rings. The van der Waals surface area contributed by atoms with Gasteiger partial charge in [-0.05, 0) is 48.7 Å². The van der Waals surface area contributed by atoms with E-state index in [4.69, 9.17) is 41.0 Å². The lowest BCUT2D eigenvalue weighted by molar-refractivity contribution is 0.0997. The van der Waals surface area contributed by atoms with Gasteiger partial charge in [-0.2, -0.15) is 0 Å². The van der Waals surface area contributed by atoms with E-state index in [9.17, 15) is 9.59 Å². The summed E-state index contributed by atoms with van der Waals surface area (Å²) in [6.45, 7) is 2.00. The molecular formula is C34H34ClN5O7. The summed E-state index contributed by atoms with van der Waals surface area (Å²) in [6, 6.07) is 18.1. The molecule has 6 rings (SSSR count). The fourth-order valence-electron chi connectivity index (χ4n) is 5.84. The van der Waals surface area contributed by atoms with Crippen molar-refractivity contribution in [3.05, 3.63) is 99.2 Å². The second-order valence-electron chi connectivity index (χ2n) is 10.9. The first-order chi connectivity index (χ1) is 22.9. The van der Waals surface area contributed by atoms with Gasteiger partial charge in [0.2, 0.25) is 5.88 Å². The molecule has 1 atom stereocenters. The number of carbonyl (C=O) groups is 1. The van der Waals surface area contributed by atoms with Gasteiger partial charge in [-0.1, -0.05) is 35.9 Å². The SMILES string of the molecule is COCCOc1cc2ncnc(Oc3ccc(C4CCCn5c4c(C(N)=O)c(=O)n5-c4ccccc4)cc3Cl)c2cc1OCCOC. The van der Waals surface area contributed by atoms with E-state index in [-0.39, 0.29) is 17.4 Å². The van der Waals surface area contributed by atoms with Crippen LogP contribution in [0, 0.1) is 0 Å². The number of aromatic nitrogens is 4. The molecule has 2 N–H and O–H groups in total. The van der Waals surface area contributed by atoms with Crippen molar-refractivity contribution in [3.8, 4) is 28.8 Å². The third-order valence-electron chi connectivity index (χ3n) is 7.94. The van der Waals surface area contributed by atoms with Crippen LogP contribution >= 0.6 is 11.6 Å². The number of carbonyl (C=O) groups excluding carboxylic acids is 1. The van der Waals surface area contributed by atoms with Gasteiger partial charge in [0.1, 0.15) is 30.9 Å². The first-order valence-electron chi connectivity index (χ1n) is 15.1. The first kappa shape index (κ1) is 32.0. The molecule has 1 unspecified atom stereocenters. The predicted octanol–water partition coefficient (Wildman–Crippen LogP) is 5.10. The quantitative estimate of drug-likeness (QED) is 0.171. The molecule has 3 aromatic carbocycles. The highest BCUT2D eigenvalue weighted by atomic mass is 35.5. The standard InChI is InChI=1S/C34H34ClN5O7/c1-43-13-15-45-28-18-24-26(19-29(28)46-16-14-44-2)37-20-38-33(24)47-27-11-10-21(17-25(27)35)23-9-6-12-39-31(23)30(32(36)41)34(42)40(39)22-7-4-3-5-8-22/h3-5,7-8,10-11,17-20,23H,6,9,12-16H2,1-2H3,(H2,36,41). The number of primary amides is 1. The molecule has 5 aromatic rings. The van der Waals surface area contributed by atoms with Gasteiger partial charge in [0.25, 0.3) is 11.5 Å². The number of fused-ring (bicyclic) bond motifs is 2. The lowest BCUT2D eigenvalue weighted by Gasteiger charge is -2.27. The number of nitrogens with zero attached hydrogens (tertiary/aromatic N) is 4. The Labute approximate surface area is 275 Å². The zero-order chi connectivity index (χ0) is 32.9. The summed E-state index contributed by atoms with van der Waals surface area (Å²) in [5.41, 5.74) is 7.97. The number of halogens is 1. The Morgan fingerprint density at radius 1 is 0.936 bits per heavy atom. The molecule has 13 heteroatoms. The molecule has 3 heterocycles. The molecule has 2 aromatic heterocycles. The zero-order valence-corrected chi connectivity index (χ0v) is 26.7. The number of rotatable bonds is 13. The van der Waals surface area contributed by atoms with E-state index in [1.807, 2.05) is 41.1 Å². The van der Waals surface area contributed by atoms with Crippen LogP contribution in [0.1, 0.15) is 40.4 Å². The van der Waals surface area contributed by atoms with Crippen molar-refractivity contribution in [2.75, 3.05) is 40.6 Å². The van der Waals surface area contributed by atoms with Crippen LogP contribution in [0.4, 0.5) is 0 Å². The van der Waals surface area contributed by atoms with Gasteiger partial charge < -0.3 is 29.4 Å². The van der Waals surface area contributed by atoms with E-state index in [2.05, 4.69) is 9.97 Å². The maximum atomic E-state index is 13.5. The number of amides is 1. The fraction of sp³-hybridized carbons (Fsp3) is 0.294. The van der Waals surface area contributed by atoms with Crippen LogP contribution in [0.25, 0.3) is 16.6 Å². The number of hydrogen-bond donors (Lipinski definition) is 1. The molecule has 244 valence electrons. The normalized spacial score (nSPS) is 14.1. The summed E-state index contributed by atoms with van der Waals surface area (Å²) in [6.07, 6.45) is 2.88. The molecule has 1 aliphatic heterocycles. The average Bonchev–Trinajstić information content (AvgIpc) is 3.38. The average molecular weight is 660 g/mol. The van der Waals surface area contributed by atoms with Gasteiger partial charge in [0, 0.05) is 32.7 Å². The minimum atomic E-state index is -0.764. The smallest absolute Gasteiger partial charge is 0.284 e. The van der Waals surface area contributed by atoms with Crippen LogP contribution in [0.3, 0.4) is 0 Å². The Hall–Kier alpha value is -4.91. The van der Waals surface area contributed by atoms with E-state index in [0.717, 1.165) is 12.0 Å². The van der Waals surface area contributed by atoms with E-state index < -0.39 is 11.5 Å². The Bertz CT molecular complexity index is 1960. The van der Waals surface area contributed by atoms with Gasteiger partial charge in [0.15, 0.2) is 11.5 Å². The summed E-state index contributed by atoms with van der Waals surface area (Å²) in [4.78, 5) is 35.0. The number of hydrogen-bond acceptors (Lipinski definition) is 9. The largest absolute Gasteiger partial charge is 0.487 e. The van der Waals surface area contributed by atoms with E-state index >= 15 is 0 Å². The third kappa shape index (κ3) is 6.53. The van der Waals surface area contributed by atoms with Crippen molar-refractivity contribution in [1.82, 2.24) is 19.3 Å². The zero-order valence-electron chi connectivity index (χ0n) is 26.0. The van der Waals surface area contributed by atoms with Crippen LogP contribution in [-0.4, -0.2) is 65.9 Å². The van der Waals surface area contributed by atoms with Gasteiger partial charge in [0.05, 0.1) is 40.5 Å². The highest BCUT2D eigenvalue weighted by molar-refractivity contribution is 6.32. The van der Waals surface area contributed by atoms with E-state index in [1.165, 1.54) is 11.0 Å². The summed E-state index contributed by atoms with van der Waals surface area (Å²) in [5.74, 6) is 0.552. The third-order valence-corrected chi connectivity index (χ3v) is 8.24. The maximum Gasteiger partial charge on any atom is 0.284 e. The Kier molecular flexibility index (Phi) is 9.71. The van der Waals surface area contributed by atoms with Gasteiger partial charge in [-0.15, -0.1) is 0 Å². The molecule has 0 radical (unpaired) electrons. The minimum absolute atomic E-state index is 0.0171. The molecule has 0 saturated carbocycles. The highest BCUT2D eigenvalue weighted by Gasteiger charge is 2.33. The van der Waals surface area contributed by atoms with Crippen LogP contribution in [-0.2, 0) is 16.0 Å². The summed E-state index contributed by atoms with van der Waals surface area (Å²) in [7, 11) is 3.20. The molecule has 0 aliphatic carbocycles. The van der Waals surface area contributed by atoms with Gasteiger partial charge in [-0.25, -0.2) is 14.6 Å². The molecule has 0 spiro atoms. The molecule has 0 fully saturated rings. The summed E-state index contributed by atoms with van der Waals surface area (Å²) < 4.78 is 31.7. The van der Waals surface area contributed by atoms with Crippen molar-refractivity contribution in [1.29, 1.82) is 0 Å². The minimum Gasteiger partial charge on any atom is -0.487 e. The number of nitrogens with two attached hydrogens (primary N) is 1. The van der Waals surface area contributed by atoms with Crippen LogP contribution in [0.15, 0.2) is 71.8 Å². The van der Waals surface area contributed by atoms with Crippen molar-refractivity contribution in [3.63, 3.8) is 0 Å². The lowest BCUT2D eigenvalue weighted by Crippen LogP contribution is -2.26. The van der Waals surface area contributed by atoms with Crippen LogP contribution in [0.5, 0.6) is 23.1 Å². The molecule has 0 saturated heterocycles. The van der Waals surface area contributed by atoms with Crippen molar-refractivity contribution >= 4 is 28.4 Å². The van der Waals surface area contributed by atoms with Crippen molar-refractivity contribution < 1.29 is 28.5 Å². The Morgan fingerprint density at radius 3 is 2.34 bits per heavy atom.